The van der Waals surface area contributed by atoms with Gasteiger partial charge in [-0.1, -0.05) is 18.2 Å². The van der Waals surface area contributed by atoms with Crippen LogP contribution in [-0.4, -0.2) is 34.6 Å². The maximum Gasteiger partial charge on any atom is 0.306 e. The fourth-order valence-electron chi connectivity index (χ4n) is 3.21. The van der Waals surface area contributed by atoms with E-state index in [1.165, 1.54) is 29.8 Å². The van der Waals surface area contributed by atoms with Crippen LogP contribution in [0.4, 0.5) is 5.69 Å². The molecule has 3 aromatic rings. The molecule has 0 fully saturated rings. The smallest absolute Gasteiger partial charge is 0.306 e. The molecular weight excluding hydrogens is 360 g/mol. The summed E-state index contributed by atoms with van der Waals surface area (Å²) in [6.45, 7) is 4.87. The van der Waals surface area contributed by atoms with Gasteiger partial charge in [0.1, 0.15) is 0 Å². The lowest BCUT2D eigenvalue weighted by Crippen LogP contribution is -2.23. The highest BCUT2D eigenvalue weighted by molar-refractivity contribution is 8.00. The number of hydrogen-bond donors (Lipinski definition) is 1. The molecule has 0 spiro atoms. The number of carbonyl (C=O) groups excluding carboxylic acids is 2. The lowest BCUT2D eigenvalue weighted by Gasteiger charge is -2.12. The highest BCUT2D eigenvalue weighted by Crippen LogP contribution is 2.31. The molecule has 0 bridgehead atoms. The maximum atomic E-state index is 12.5. The highest BCUT2D eigenvalue weighted by atomic mass is 32.2. The van der Waals surface area contributed by atoms with Crippen molar-refractivity contribution in [3.63, 3.8) is 0 Å². The van der Waals surface area contributed by atoms with Gasteiger partial charge in [0.15, 0.2) is 0 Å². The van der Waals surface area contributed by atoms with Crippen LogP contribution in [0.15, 0.2) is 42.5 Å². The quantitative estimate of drug-likeness (QED) is 0.612. The summed E-state index contributed by atoms with van der Waals surface area (Å²) in [5.74, 6) is 0.237. The number of aromatic nitrogens is 1. The van der Waals surface area contributed by atoms with Crippen LogP contribution in [0.2, 0.25) is 0 Å². The Bertz CT molecular complexity index is 980. The number of amides is 1. The number of aryl methyl sites for hydroxylation is 1. The second-order valence-corrected chi connectivity index (χ2v) is 7.77. The van der Waals surface area contributed by atoms with Crippen molar-refractivity contribution in [2.24, 2.45) is 0 Å². The summed E-state index contributed by atoms with van der Waals surface area (Å²) in [5.41, 5.74) is 3.15. The van der Waals surface area contributed by atoms with E-state index in [4.69, 9.17) is 0 Å². The van der Waals surface area contributed by atoms with Crippen molar-refractivity contribution in [3.8, 4) is 0 Å². The predicted molar refractivity (Wildman–Crippen MR) is 112 cm³/mol. The first kappa shape index (κ1) is 19.3. The van der Waals surface area contributed by atoms with Crippen LogP contribution in [0.3, 0.4) is 0 Å². The van der Waals surface area contributed by atoms with E-state index in [-0.39, 0.29) is 17.1 Å². The van der Waals surface area contributed by atoms with Gasteiger partial charge in [-0.2, -0.15) is 0 Å². The minimum atomic E-state index is -0.257. The summed E-state index contributed by atoms with van der Waals surface area (Å²) in [5, 5.41) is 5.07. The van der Waals surface area contributed by atoms with Gasteiger partial charge in [-0.25, -0.2) is 0 Å². The van der Waals surface area contributed by atoms with Gasteiger partial charge in [0, 0.05) is 39.8 Å². The minimum Gasteiger partial charge on any atom is -0.469 e. The van der Waals surface area contributed by atoms with Crippen molar-refractivity contribution in [1.29, 1.82) is 0 Å². The molecule has 1 heterocycles. The van der Waals surface area contributed by atoms with Gasteiger partial charge in [-0.15, -0.1) is 11.8 Å². The Kier molecular flexibility index (Phi) is 6.06. The first-order valence-corrected chi connectivity index (χ1v) is 10.1. The van der Waals surface area contributed by atoms with Crippen molar-refractivity contribution in [2.45, 2.75) is 32.1 Å². The molecule has 2 aromatic carbocycles. The topological polar surface area (TPSA) is 60.3 Å². The Morgan fingerprint density at radius 1 is 1.15 bits per heavy atom. The van der Waals surface area contributed by atoms with Gasteiger partial charge >= 0.3 is 5.97 Å². The average Bonchev–Trinajstić information content (AvgIpc) is 3.00. The lowest BCUT2D eigenvalue weighted by molar-refractivity contribution is -0.140. The predicted octanol–water partition coefficient (Wildman–Crippen LogP) is 4.44. The van der Waals surface area contributed by atoms with Gasteiger partial charge < -0.3 is 14.6 Å². The second-order valence-electron chi connectivity index (χ2n) is 6.32. The molecule has 0 aliphatic carbocycles. The molecule has 1 amide bonds. The highest BCUT2D eigenvalue weighted by Gasteiger charge is 2.16. The maximum absolute atomic E-state index is 12.5. The van der Waals surface area contributed by atoms with Crippen molar-refractivity contribution >= 4 is 51.1 Å². The average molecular weight is 385 g/mol. The molecule has 0 unspecified atom stereocenters. The van der Waals surface area contributed by atoms with Gasteiger partial charge in [-0.3, -0.25) is 9.59 Å². The zero-order valence-corrected chi connectivity index (χ0v) is 16.6. The van der Waals surface area contributed by atoms with Crippen LogP contribution >= 0.6 is 11.8 Å². The molecule has 1 atom stereocenters. The largest absolute Gasteiger partial charge is 0.469 e. The third kappa shape index (κ3) is 4.11. The summed E-state index contributed by atoms with van der Waals surface area (Å²) >= 11 is 1.44. The Hall–Kier alpha value is -2.47. The molecule has 0 radical (unpaired) electrons. The van der Waals surface area contributed by atoms with E-state index < -0.39 is 0 Å². The van der Waals surface area contributed by atoms with Gasteiger partial charge in [0.2, 0.25) is 5.91 Å². The zero-order chi connectivity index (χ0) is 19.4. The number of carbonyl (C=O) groups is 2. The van der Waals surface area contributed by atoms with E-state index in [0.29, 0.717) is 12.2 Å². The van der Waals surface area contributed by atoms with Crippen LogP contribution in [0.1, 0.15) is 20.3 Å². The number of methoxy groups -OCH3 is 1. The summed E-state index contributed by atoms with van der Waals surface area (Å²) in [4.78, 5) is 23.6. The zero-order valence-electron chi connectivity index (χ0n) is 15.8. The third-order valence-electron chi connectivity index (χ3n) is 4.63. The van der Waals surface area contributed by atoms with Crippen LogP contribution < -0.4 is 5.32 Å². The van der Waals surface area contributed by atoms with Gasteiger partial charge in [0.25, 0.3) is 0 Å². The number of nitrogens with one attached hydrogen (secondary N) is 1. The summed E-state index contributed by atoms with van der Waals surface area (Å²) in [7, 11) is 1.37. The van der Waals surface area contributed by atoms with Crippen LogP contribution in [0.5, 0.6) is 0 Å². The Balaban J connectivity index is 1.76. The first-order valence-electron chi connectivity index (χ1n) is 9.05. The molecule has 6 heteroatoms. The first-order chi connectivity index (χ1) is 13.0. The minimum absolute atomic E-state index is 0.0663. The Morgan fingerprint density at radius 3 is 2.63 bits per heavy atom. The molecule has 1 aromatic heterocycles. The number of esters is 1. The molecule has 0 aliphatic rings. The molecule has 0 saturated carbocycles. The van der Waals surface area contributed by atoms with E-state index >= 15 is 0 Å². The van der Waals surface area contributed by atoms with E-state index in [1.807, 2.05) is 31.2 Å². The number of nitrogens with zero attached hydrogens (tertiary/aromatic N) is 1. The van der Waals surface area contributed by atoms with E-state index in [1.54, 1.807) is 0 Å². The van der Waals surface area contributed by atoms with Gasteiger partial charge in [-0.05, 0) is 38.1 Å². The SMILES string of the molecule is CCn1c2ccccc2c2cc(NC(=O)[C@@H](C)SCCC(=O)OC)ccc21. The summed E-state index contributed by atoms with van der Waals surface area (Å²) < 4.78 is 6.90. The number of thioether (sulfide) groups is 1. The number of hydrogen-bond acceptors (Lipinski definition) is 4. The van der Waals surface area contributed by atoms with Gasteiger partial charge in [0.05, 0.1) is 18.8 Å². The summed E-state index contributed by atoms with van der Waals surface area (Å²) in [6.07, 6.45) is 0.307. The molecular formula is C21H24N2O3S. The molecule has 1 N–H and O–H groups in total. The van der Waals surface area contributed by atoms with Crippen molar-refractivity contribution in [2.75, 3.05) is 18.2 Å². The Labute approximate surface area is 163 Å². The lowest BCUT2D eigenvalue weighted by atomic mass is 10.1. The molecule has 0 saturated heterocycles. The van der Waals surface area contributed by atoms with Crippen LogP contribution in [0.25, 0.3) is 21.8 Å². The van der Waals surface area contributed by atoms with E-state index in [9.17, 15) is 9.59 Å². The van der Waals surface area contributed by atoms with Crippen LogP contribution in [-0.2, 0) is 20.9 Å². The standard InChI is InChI=1S/C21H24N2O3S/c1-4-23-18-8-6-5-7-16(18)17-13-15(9-10-19(17)23)22-21(25)14(2)27-12-11-20(24)26-3/h5-10,13-14H,4,11-12H2,1-3H3,(H,22,25)/t14-/m1/s1. The molecule has 27 heavy (non-hydrogen) atoms. The monoisotopic (exact) mass is 384 g/mol. The molecule has 142 valence electrons. The molecule has 5 nitrogen and oxygen atoms in total. The van der Waals surface area contributed by atoms with Crippen molar-refractivity contribution in [3.05, 3.63) is 42.5 Å². The number of anilines is 1. The normalized spacial score (nSPS) is 12.3. The number of rotatable bonds is 7. The fraction of sp³-hybridized carbons (Fsp3) is 0.333. The fourth-order valence-corrected chi connectivity index (χ4v) is 4.06. The number of ether oxygens (including phenoxy) is 1. The van der Waals surface area contributed by atoms with Crippen LogP contribution in [0, 0.1) is 0 Å². The third-order valence-corrected chi connectivity index (χ3v) is 5.78. The number of benzene rings is 2. The van der Waals surface area contributed by atoms with E-state index in [2.05, 4.69) is 39.7 Å². The van der Waals surface area contributed by atoms with Crippen molar-refractivity contribution < 1.29 is 14.3 Å². The molecule has 0 aliphatic heterocycles. The van der Waals surface area contributed by atoms with E-state index in [0.717, 1.165) is 23.1 Å². The summed E-state index contributed by atoms with van der Waals surface area (Å²) in [6, 6.07) is 14.3. The molecule has 3 rings (SSSR count). The Morgan fingerprint density at radius 2 is 1.89 bits per heavy atom. The second kappa shape index (κ2) is 8.48. The number of para-hydroxylation sites is 1. The van der Waals surface area contributed by atoms with Crippen molar-refractivity contribution in [1.82, 2.24) is 4.57 Å². The number of fused-ring (bicyclic) bond motifs is 3.